The Hall–Kier alpha value is -2.50. The van der Waals surface area contributed by atoms with Gasteiger partial charge in [0.1, 0.15) is 23.7 Å². The van der Waals surface area contributed by atoms with E-state index in [9.17, 15) is 9.18 Å². The van der Waals surface area contributed by atoms with Gasteiger partial charge in [-0.3, -0.25) is 4.79 Å². The monoisotopic (exact) mass is 342 g/mol. The lowest BCUT2D eigenvalue weighted by atomic mass is 9.99. The average molecular weight is 342 g/mol. The predicted molar refractivity (Wildman–Crippen MR) is 94.7 cm³/mol. The van der Waals surface area contributed by atoms with E-state index in [0.717, 1.165) is 25.8 Å². The van der Waals surface area contributed by atoms with Crippen LogP contribution < -0.4 is 5.32 Å². The van der Waals surface area contributed by atoms with Crippen LogP contribution in [0.5, 0.6) is 0 Å². The van der Waals surface area contributed by atoms with E-state index >= 15 is 0 Å². The molecule has 132 valence electrons. The SMILES string of the molecule is CCC1CCCCN1C(=O)c1cc(NCc2ccccc2F)ncn1. The van der Waals surface area contributed by atoms with Crippen molar-refractivity contribution in [3.05, 3.63) is 53.7 Å². The lowest BCUT2D eigenvalue weighted by molar-refractivity contribution is 0.0602. The van der Waals surface area contributed by atoms with Crippen molar-refractivity contribution in [2.45, 2.75) is 45.2 Å². The number of likely N-dealkylation sites (tertiary alicyclic amines) is 1. The Kier molecular flexibility index (Phi) is 5.58. The molecule has 3 rings (SSSR count). The molecule has 6 heteroatoms. The Labute approximate surface area is 147 Å². The summed E-state index contributed by atoms with van der Waals surface area (Å²) in [6, 6.07) is 8.51. The lowest BCUT2D eigenvalue weighted by Gasteiger charge is -2.35. The van der Waals surface area contributed by atoms with Crippen LogP contribution in [0.4, 0.5) is 10.2 Å². The van der Waals surface area contributed by atoms with Gasteiger partial charge in [0.25, 0.3) is 5.91 Å². The number of hydrogen-bond acceptors (Lipinski definition) is 4. The first kappa shape index (κ1) is 17.3. The molecule has 1 aliphatic rings. The van der Waals surface area contributed by atoms with Gasteiger partial charge in [0, 0.05) is 30.8 Å². The molecule has 5 nitrogen and oxygen atoms in total. The van der Waals surface area contributed by atoms with Gasteiger partial charge in [-0.1, -0.05) is 25.1 Å². The highest BCUT2D eigenvalue weighted by Crippen LogP contribution is 2.21. The Morgan fingerprint density at radius 2 is 2.16 bits per heavy atom. The fourth-order valence-corrected chi connectivity index (χ4v) is 3.24. The van der Waals surface area contributed by atoms with E-state index in [1.807, 2.05) is 4.90 Å². The van der Waals surface area contributed by atoms with E-state index in [4.69, 9.17) is 0 Å². The van der Waals surface area contributed by atoms with Gasteiger partial charge >= 0.3 is 0 Å². The Balaban J connectivity index is 1.70. The fraction of sp³-hybridized carbons (Fsp3) is 0.421. The van der Waals surface area contributed by atoms with Crippen molar-refractivity contribution >= 4 is 11.7 Å². The molecule has 1 amide bonds. The van der Waals surface area contributed by atoms with E-state index in [1.165, 1.54) is 18.8 Å². The summed E-state index contributed by atoms with van der Waals surface area (Å²) < 4.78 is 13.7. The van der Waals surface area contributed by atoms with Crippen molar-refractivity contribution in [2.24, 2.45) is 0 Å². The first-order valence-electron chi connectivity index (χ1n) is 8.79. The number of benzene rings is 1. The van der Waals surface area contributed by atoms with Crippen LogP contribution in [-0.4, -0.2) is 33.4 Å². The van der Waals surface area contributed by atoms with Gasteiger partial charge in [-0.25, -0.2) is 14.4 Å². The molecule has 2 aromatic rings. The summed E-state index contributed by atoms with van der Waals surface area (Å²) in [5.74, 6) is 0.203. The summed E-state index contributed by atoms with van der Waals surface area (Å²) in [4.78, 5) is 23.0. The van der Waals surface area contributed by atoms with Crippen molar-refractivity contribution in [3.63, 3.8) is 0 Å². The van der Waals surface area contributed by atoms with Crippen LogP contribution in [0.25, 0.3) is 0 Å². The van der Waals surface area contributed by atoms with Crippen LogP contribution in [0, 0.1) is 5.82 Å². The molecule has 1 saturated heterocycles. The summed E-state index contributed by atoms with van der Waals surface area (Å²) in [5.41, 5.74) is 0.933. The summed E-state index contributed by atoms with van der Waals surface area (Å²) in [5, 5.41) is 3.06. The van der Waals surface area contributed by atoms with Gasteiger partial charge in [0.15, 0.2) is 0 Å². The number of amides is 1. The first-order chi connectivity index (χ1) is 12.2. The van der Waals surface area contributed by atoms with Crippen molar-refractivity contribution < 1.29 is 9.18 Å². The Morgan fingerprint density at radius 1 is 1.32 bits per heavy atom. The number of aromatic nitrogens is 2. The maximum Gasteiger partial charge on any atom is 0.272 e. The molecule has 1 fully saturated rings. The Bertz CT molecular complexity index is 737. The highest BCUT2D eigenvalue weighted by molar-refractivity contribution is 5.93. The highest BCUT2D eigenvalue weighted by atomic mass is 19.1. The molecule has 1 unspecified atom stereocenters. The van der Waals surface area contributed by atoms with Gasteiger partial charge in [-0.15, -0.1) is 0 Å². The zero-order valence-corrected chi connectivity index (χ0v) is 14.4. The summed E-state index contributed by atoms with van der Waals surface area (Å²) >= 11 is 0. The zero-order chi connectivity index (χ0) is 17.6. The first-order valence-corrected chi connectivity index (χ1v) is 8.79. The molecular formula is C19H23FN4O. The Morgan fingerprint density at radius 3 is 2.96 bits per heavy atom. The number of hydrogen-bond donors (Lipinski definition) is 1. The van der Waals surface area contributed by atoms with Crippen LogP contribution in [0.2, 0.25) is 0 Å². The molecule has 25 heavy (non-hydrogen) atoms. The quantitative estimate of drug-likeness (QED) is 0.901. The van der Waals surface area contributed by atoms with Crippen LogP contribution in [0.1, 0.15) is 48.7 Å². The van der Waals surface area contributed by atoms with E-state index < -0.39 is 0 Å². The molecule has 0 radical (unpaired) electrons. The minimum atomic E-state index is -0.264. The highest BCUT2D eigenvalue weighted by Gasteiger charge is 2.27. The maximum atomic E-state index is 13.7. The maximum absolute atomic E-state index is 13.7. The molecular weight excluding hydrogens is 319 g/mol. The summed E-state index contributed by atoms with van der Waals surface area (Å²) in [6.07, 6.45) is 5.58. The smallest absolute Gasteiger partial charge is 0.272 e. The molecule has 2 heterocycles. The largest absolute Gasteiger partial charge is 0.366 e. The van der Waals surface area contributed by atoms with Crippen LogP contribution in [-0.2, 0) is 6.54 Å². The van der Waals surface area contributed by atoms with Crippen molar-refractivity contribution in [2.75, 3.05) is 11.9 Å². The van der Waals surface area contributed by atoms with Gasteiger partial charge < -0.3 is 10.2 Å². The number of piperidine rings is 1. The summed E-state index contributed by atoms with van der Waals surface area (Å²) in [7, 11) is 0. The van der Waals surface area contributed by atoms with Crippen LogP contribution in [0.3, 0.4) is 0 Å². The van der Waals surface area contributed by atoms with E-state index in [0.29, 0.717) is 23.6 Å². The standard InChI is InChI=1S/C19H23FN4O/c1-2-15-8-5-6-10-24(15)19(25)17-11-18(23-13-22-17)21-12-14-7-3-4-9-16(14)20/h3-4,7,9,11,13,15H,2,5-6,8,10,12H2,1H3,(H,21,22,23). The zero-order valence-electron chi connectivity index (χ0n) is 14.4. The van der Waals surface area contributed by atoms with Gasteiger partial charge in [0.05, 0.1) is 0 Å². The number of nitrogens with zero attached hydrogens (tertiary/aromatic N) is 3. The van der Waals surface area contributed by atoms with Crippen LogP contribution >= 0.6 is 0 Å². The second-order valence-corrected chi connectivity index (χ2v) is 6.29. The number of rotatable bonds is 5. The van der Waals surface area contributed by atoms with Gasteiger partial charge in [-0.2, -0.15) is 0 Å². The molecule has 0 bridgehead atoms. The van der Waals surface area contributed by atoms with Crippen LogP contribution in [0.15, 0.2) is 36.7 Å². The third-order valence-corrected chi connectivity index (χ3v) is 4.66. The van der Waals surface area contributed by atoms with E-state index in [2.05, 4.69) is 22.2 Å². The molecule has 1 aromatic carbocycles. The van der Waals surface area contributed by atoms with Gasteiger partial charge in [-0.05, 0) is 31.7 Å². The summed E-state index contributed by atoms with van der Waals surface area (Å²) in [6.45, 7) is 3.19. The minimum Gasteiger partial charge on any atom is -0.366 e. The number of carbonyl (C=O) groups excluding carboxylic acids is 1. The molecule has 0 aliphatic carbocycles. The normalized spacial score (nSPS) is 17.4. The second kappa shape index (κ2) is 8.05. The lowest BCUT2D eigenvalue weighted by Crippen LogP contribution is -2.43. The molecule has 1 aromatic heterocycles. The van der Waals surface area contributed by atoms with Crippen molar-refractivity contribution in [3.8, 4) is 0 Å². The number of anilines is 1. The molecule has 1 atom stereocenters. The van der Waals surface area contributed by atoms with Gasteiger partial charge in [0.2, 0.25) is 0 Å². The molecule has 0 saturated carbocycles. The number of halogens is 1. The van der Waals surface area contributed by atoms with Crippen molar-refractivity contribution in [1.29, 1.82) is 0 Å². The molecule has 1 aliphatic heterocycles. The topological polar surface area (TPSA) is 58.1 Å². The molecule has 1 N–H and O–H groups in total. The van der Waals surface area contributed by atoms with Crippen molar-refractivity contribution in [1.82, 2.24) is 14.9 Å². The predicted octanol–water partition coefficient (Wildman–Crippen LogP) is 3.63. The fourth-order valence-electron chi connectivity index (χ4n) is 3.24. The average Bonchev–Trinajstić information content (AvgIpc) is 2.67. The van der Waals surface area contributed by atoms with E-state index in [-0.39, 0.29) is 17.8 Å². The third kappa shape index (κ3) is 4.13. The minimum absolute atomic E-state index is 0.0529. The third-order valence-electron chi connectivity index (χ3n) is 4.66. The number of carbonyl (C=O) groups is 1. The second-order valence-electron chi connectivity index (χ2n) is 6.29. The van der Waals surface area contributed by atoms with E-state index in [1.54, 1.807) is 24.3 Å². The molecule has 0 spiro atoms. The number of nitrogens with one attached hydrogen (secondary N) is 1.